The van der Waals surface area contributed by atoms with Gasteiger partial charge < -0.3 is 19.5 Å². The molecule has 0 radical (unpaired) electrons. The maximum Gasteiger partial charge on any atom is 0.488 e. The van der Waals surface area contributed by atoms with Gasteiger partial charge in [0.15, 0.2) is 0 Å². The maximum atomic E-state index is 9.22. The lowest BCUT2D eigenvalue weighted by Gasteiger charge is -2.25. The van der Waals surface area contributed by atoms with E-state index in [2.05, 4.69) is 11.8 Å². The Bertz CT molecular complexity index is 400. The van der Waals surface area contributed by atoms with Crippen molar-refractivity contribution in [3.63, 3.8) is 0 Å². The third-order valence-electron chi connectivity index (χ3n) is 3.18. The van der Waals surface area contributed by atoms with Crippen molar-refractivity contribution in [3.8, 4) is 5.75 Å². The van der Waals surface area contributed by atoms with Crippen LogP contribution >= 0.6 is 0 Å². The molecule has 1 aromatic carbocycles. The van der Waals surface area contributed by atoms with Crippen LogP contribution in [0.2, 0.25) is 0 Å². The second-order valence-corrected chi connectivity index (χ2v) is 4.66. The first-order valence-corrected chi connectivity index (χ1v) is 6.21. The Balaban J connectivity index is 2.88. The van der Waals surface area contributed by atoms with Gasteiger partial charge in [0.25, 0.3) is 0 Å². The summed E-state index contributed by atoms with van der Waals surface area (Å²) >= 11 is 0. The van der Waals surface area contributed by atoms with E-state index in [9.17, 15) is 10.0 Å². The standard InChI is InChI=1S/C13H22BNO4/c1-10(9-18-3)15(2)8-11-7-12(14(16)17)5-6-13(11)19-4/h5-7,10,16-17H,8-9H2,1-4H3. The van der Waals surface area contributed by atoms with E-state index >= 15 is 0 Å². The lowest BCUT2D eigenvalue weighted by atomic mass is 9.79. The zero-order chi connectivity index (χ0) is 14.4. The van der Waals surface area contributed by atoms with Crippen LogP contribution in [-0.4, -0.2) is 56.0 Å². The maximum absolute atomic E-state index is 9.22. The molecule has 1 aromatic rings. The first-order valence-electron chi connectivity index (χ1n) is 6.21. The minimum Gasteiger partial charge on any atom is -0.496 e. The van der Waals surface area contributed by atoms with Crippen LogP contribution in [0.25, 0.3) is 0 Å². The van der Waals surface area contributed by atoms with Gasteiger partial charge in [-0.25, -0.2) is 0 Å². The molecule has 0 bridgehead atoms. The molecule has 6 heteroatoms. The van der Waals surface area contributed by atoms with Gasteiger partial charge in [-0.3, -0.25) is 4.90 Å². The van der Waals surface area contributed by atoms with Gasteiger partial charge in [-0.2, -0.15) is 0 Å². The topological polar surface area (TPSA) is 62.2 Å². The summed E-state index contributed by atoms with van der Waals surface area (Å²) < 4.78 is 10.4. The number of methoxy groups -OCH3 is 2. The van der Waals surface area contributed by atoms with Crippen LogP contribution in [0.3, 0.4) is 0 Å². The number of hydrogen-bond acceptors (Lipinski definition) is 5. The summed E-state index contributed by atoms with van der Waals surface area (Å²) in [5, 5.41) is 18.4. The highest BCUT2D eigenvalue weighted by Crippen LogP contribution is 2.19. The number of ether oxygens (including phenoxy) is 2. The highest BCUT2D eigenvalue weighted by atomic mass is 16.5. The van der Waals surface area contributed by atoms with Gasteiger partial charge in [0.2, 0.25) is 0 Å². The number of benzene rings is 1. The molecule has 0 aromatic heterocycles. The molecule has 1 unspecified atom stereocenters. The fraction of sp³-hybridized carbons (Fsp3) is 0.538. The second-order valence-electron chi connectivity index (χ2n) is 4.66. The van der Waals surface area contributed by atoms with E-state index in [1.54, 1.807) is 32.4 Å². The number of nitrogens with zero attached hydrogens (tertiary/aromatic N) is 1. The molecule has 0 saturated heterocycles. The van der Waals surface area contributed by atoms with E-state index in [-0.39, 0.29) is 6.04 Å². The zero-order valence-corrected chi connectivity index (χ0v) is 12.0. The molecule has 19 heavy (non-hydrogen) atoms. The molecule has 0 aliphatic heterocycles. The summed E-state index contributed by atoms with van der Waals surface area (Å²) in [6.07, 6.45) is 0. The number of likely N-dealkylation sites (N-methyl/N-ethyl adjacent to an activating group) is 1. The molecule has 2 N–H and O–H groups in total. The summed E-state index contributed by atoms with van der Waals surface area (Å²) in [5.74, 6) is 0.737. The molecule has 0 spiro atoms. The van der Waals surface area contributed by atoms with Crippen molar-refractivity contribution >= 4 is 12.6 Å². The van der Waals surface area contributed by atoms with Crippen LogP contribution in [0.1, 0.15) is 12.5 Å². The quantitative estimate of drug-likeness (QED) is 0.672. The average Bonchev–Trinajstić information content (AvgIpc) is 2.38. The van der Waals surface area contributed by atoms with Crippen LogP contribution in [0.5, 0.6) is 5.75 Å². The normalized spacial score (nSPS) is 12.6. The van der Waals surface area contributed by atoms with E-state index < -0.39 is 7.12 Å². The van der Waals surface area contributed by atoms with Gasteiger partial charge in [0.05, 0.1) is 13.7 Å². The van der Waals surface area contributed by atoms with Gasteiger partial charge in [-0.1, -0.05) is 12.1 Å². The minimum atomic E-state index is -1.47. The second kappa shape index (κ2) is 7.50. The van der Waals surface area contributed by atoms with Gasteiger partial charge in [0, 0.05) is 25.3 Å². The summed E-state index contributed by atoms with van der Waals surface area (Å²) in [5.41, 5.74) is 1.38. The summed E-state index contributed by atoms with van der Waals surface area (Å²) in [6.45, 7) is 3.36. The highest BCUT2D eigenvalue weighted by Gasteiger charge is 2.16. The molecule has 5 nitrogen and oxygen atoms in total. The Kier molecular flexibility index (Phi) is 6.31. The van der Waals surface area contributed by atoms with Crippen LogP contribution in [0, 0.1) is 0 Å². The average molecular weight is 267 g/mol. The molecule has 0 aliphatic rings. The first-order chi connectivity index (χ1) is 8.99. The molecular formula is C13H22BNO4. The molecule has 0 aliphatic carbocycles. The lowest BCUT2D eigenvalue weighted by Crippen LogP contribution is -2.34. The van der Waals surface area contributed by atoms with E-state index in [1.165, 1.54) is 0 Å². The molecule has 1 rings (SSSR count). The Hall–Kier alpha value is -1.08. The van der Waals surface area contributed by atoms with Gasteiger partial charge in [0.1, 0.15) is 5.75 Å². The summed E-state index contributed by atoms with van der Waals surface area (Å²) in [4.78, 5) is 2.12. The van der Waals surface area contributed by atoms with E-state index in [1.807, 2.05) is 7.05 Å². The van der Waals surface area contributed by atoms with Crippen molar-refractivity contribution in [2.75, 3.05) is 27.9 Å². The Morgan fingerprint density at radius 1 is 1.32 bits per heavy atom. The molecule has 0 saturated carbocycles. The van der Waals surface area contributed by atoms with Crippen molar-refractivity contribution in [2.24, 2.45) is 0 Å². The first kappa shape index (κ1) is 16.0. The third kappa shape index (κ3) is 4.51. The Morgan fingerprint density at radius 3 is 2.53 bits per heavy atom. The van der Waals surface area contributed by atoms with Crippen LogP contribution in [0.15, 0.2) is 18.2 Å². The molecule has 1 atom stereocenters. The van der Waals surface area contributed by atoms with Crippen molar-refractivity contribution in [2.45, 2.75) is 19.5 Å². The van der Waals surface area contributed by atoms with Crippen LogP contribution in [0.4, 0.5) is 0 Å². The predicted molar refractivity (Wildman–Crippen MR) is 75.6 cm³/mol. The third-order valence-corrected chi connectivity index (χ3v) is 3.18. The van der Waals surface area contributed by atoms with Crippen molar-refractivity contribution < 1.29 is 19.5 Å². The molecule has 106 valence electrons. The van der Waals surface area contributed by atoms with E-state index in [0.29, 0.717) is 18.6 Å². The van der Waals surface area contributed by atoms with Crippen LogP contribution in [-0.2, 0) is 11.3 Å². The van der Waals surface area contributed by atoms with E-state index in [4.69, 9.17) is 9.47 Å². The molecule has 0 fully saturated rings. The van der Waals surface area contributed by atoms with Crippen molar-refractivity contribution in [1.29, 1.82) is 0 Å². The van der Waals surface area contributed by atoms with Gasteiger partial charge >= 0.3 is 7.12 Å². The number of hydrogen-bond donors (Lipinski definition) is 2. The minimum absolute atomic E-state index is 0.261. The van der Waals surface area contributed by atoms with Crippen LogP contribution < -0.4 is 10.2 Å². The molecular weight excluding hydrogens is 245 g/mol. The zero-order valence-electron chi connectivity index (χ0n) is 12.0. The monoisotopic (exact) mass is 267 g/mol. The van der Waals surface area contributed by atoms with Crippen molar-refractivity contribution in [1.82, 2.24) is 4.90 Å². The van der Waals surface area contributed by atoms with Crippen molar-refractivity contribution in [3.05, 3.63) is 23.8 Å². The Morgan fingerprint density at radius 2 is 2.00 bits per heavy atom. The summed E-state index contributed by atoms with van der Waals surface area (Å²) in [7, 11) is 3.80. The lowest BCUT2D eigenvalue weighted by molar-refractivity contribution is 0.111. The molecule has 0 heterocycles. The summed E-state index contributed by atoms with van der Waals surface area (Å²) in [6, 6.07) is 5.40. The van der Waals surface area contributed by atoms with Gasteiger partial charge in [-0.15, -0.1) is 0 Å². The van der Waals surface area contributed by atoms with E-state index in [0.717, 1.165) is 11.3 Å². The van der Waals surface area contributed by atoms with Gasteiger partial charge in [-0.05, 0) is 25.5 Å². The number of rotatable bonds is 7. The highest BCUT2D eigenvalue weighted by molar-refractivity contribution is 6.58. The fourth-order valence-electron chi connectivity index (χ4n) is 1.88. The molecule has 0 amide bonds. The smallest absolute Gasteiger partial charge is 0.488 e. The predicted octanol–water partition coefficient (Wildman–Crippen LogP) is -0.158. The Labute approximate surface area is 114 Å². The largest absolute Gasteiger partial charge is 0.496 e. The SMILES string of the molecule is COCC(C)N(C)Cc1cc(B(O)O)ccc1OC. The fourth-order valence-corrected chi connectivity index (χ4v) is 1.88.